The van der Waals surface area contributed by atoms with Gasteiger partial charge < -0.3 is 55.1 Å². The first-order valence-electron chi connectivity index (χ1n) is 9.22. The van der Waals surface area contributed by atoms with Crippen molar-refractivity contribution in [3.05, 3.63) is 58.8 Å². The van der Waals surface area contributed by atoms with Gasteiger partial charge >= 0.3 is 5.76 Å². The van der Waals surface area contributed by atoms with Crippen molar-refractivity contribution in [1.29, 1.82) is 0 Å². The van der Waals surface area contributed by atoms with Gasteiger partial charge in [-0.3, -0.25) is 0 Å². The third-order valence-corrected chi connectivity index (χ3v) is 5.06. The zero-order chi connectivity index (χ0) is 22.4. The average Bonchev–Trinajstić information content (AvgIpc) is 2.72. The molecule has 1 unspecified atom stereocenters. The average molecular weight is 437 g/mol. The lowest BCUT2D eigenvalue weighted by Crippen LogP contribution is -2.53. The second-order valence-electron chi connectivity index (χ2n) is 7.24. The Bertz CT molecular complexity index is 999. The van der Waals surface area contributed by atoms with Crippen molar-refractivity contribution in [3.63, 3.8) is 0 Å². The summed E-state index contributed by atoms with van der Waals surface area (Å²) in [4.78, 5) is 0. The van der Waals surface area contributed by atoms with Crippen molar-refractivity contribution >= 4 is 5.76 Å². The molecule has 0 aromatic heterocycles. The van der Waals surface area contributed by atoms with E-state index < -0.39 is 48.0 Å². The third-order valence-electron chi connectivity index (χ3n) is 5.06. The fraction of sp³-hybridized carbons (Fsp3) is 0.300. The standard InChI is InChI=1S/C20H20O11/c21-8-3-10(22)9-5-15(31-20-18(28)17(27)13(25)6-29-20)19(30-14(9)4-8)7-1-11(23)16(26)12(24)2-7/h1-5,13-14,17-18,20-28H,6H2/p+1/t13-,14?,17-,18+,20-/m0/s1. The topological polar surface area (TPSA) is 193 Å². The molecule has 3 aliphatic rings. The number of aromatic hydroxyl groups is 3. The van der Waals surface area contributed by atoms with Gasteiger partial charge in [0.05, 0.1) is 23.8 Å². The molecule has 1 aromatic rings. The summed E-state index contributed by atoms with van der Waals surface area (Å²) in [6, 6.07) is 2.21. The molecular formula is C20H21O11+. The summed E-state index contributed by atoms with van der Waals surface area (Å²) in [6.07, 6.45) is -2.91. The molecule has 2 heterocycles. The smallest absolute Gasteiger partial charge is 0.305 e. The number of hydrogen-bond donors (Lipinski definition) is 8. The molecule has 1 fully saturated rings. The van der Waals surface area contributed by atoms with Crippen LogP contribution in [-0.2, 0) is 9.47 Å². The van der Waals surface area contributed by atoms with E-state index in [2.05, 4.69) is 4.74 Å². The molecule has 5 atom stereocenters. The Morgan fingerprint density at radius 3 is 2.29 bits per heavy atom. The van der Waals surface area contributed by atoms with E-state index in [0.29, 0.717) is 0 Å². The molecular weight excluding hydrogens is 416 g/mol. The highest BCUT2D eigenvalue weighted by molar-refractivity contribution is 5.71. The number of rotatable bonds is 3. The number of fused-ring (bicyclic) bond motifs is 1. The van der Waals surface area contributed by atoms with Crippen LogP contribution in [0.5, 0.6) is 17.2 Å². The molecule has 1 aliphatic carbocycles. The van der Waals surface area contributed by atoms with E-state index in [9.17, 15) is 40.9 Å². The van der Waals surface area contributed by atoms with Crippen molar-refractivity contribution in [2.45, 2.75) is 30.7 Å². The molecule has 9 N–H and O–H groups in total. The van der Waals surface area contributed by atoms with Gasteiger partial charge in [0.1, 0.15) is 29.8 Å². The zero-order valence-electron chi connectivity index (χ0n) is 15.8. The fourth-order valence-electron chi connectivity index (χ4n) is 3.41. The summed E-state index contributed by atoms with van der Waals surface area (Å²) in [7, 11) is 0. The number of phenols is 3. The minimum atomic E-state index is -1.62. The fourth-order valence-corrected chi connectivity index (χ4v) is 3.41. The van der Waals surface area contributed by atoms with E-state index in [0.717, 1.165) is 18.2 Å². The minimum Gasteiger partial charge on any atom is -0.571 e. The van der Waals surface area contributed by atoms with Crippen molar-refractivity contribution in [2.24, 2.45) is 0 Å². The Balaban J connectivity index is 1.78. The third kappa shape index (κ3) is 3.75. The summed E-state index contributed by atoms with van der Waals surface area (Å²) in [5, 5.41) is 79.1. The minimum absolute atomic E-state index is 0.0227. The highest BCUT2D eigenvalue weighted by atomic mass is 16.7. The quantitative estimate of drug-likeness (QED) is 0.229. The second-order valence-corrected chi connectivity index (χ2v) is 7.24. The van der Waals surface area contributed by atoms with E-state index >= 15 is 0 Å². The Kier molecular flexibility index (Phi) is 5.19. The molecule has 31 heavy (non-hydrogen) atoms. The van der Waals surface area contributed by atoms with Crippen LogP contribution in [-0.4, -0.2) is 82.9 Å². The first kappa shape index (κ1) is 20.9. The number of aliphatic hydroxyl groups is 7. The lowest BCUT2D eigenvalue weighted by molar-refractivity contribution is -0.257. The summed E-state index contributed by atoms with van der Waals surface area (Å²) in [5.74, 6) is -2.57. The van der Waals surface area contributed by atoms with E-state index in [1.54, 1.807) is 0 Å². The van der Waals surface area contributed by atoms with Gasteiger partial charge in [0.15, 0.2) is 17.2 Å². The first-order chi connectivity index (χ1) is 14.7. The normalized spacial score (nSPS) is 30.5. The van der Waals surface area contributed by atoms with Crippen molar-refractivity contribution in [3.8, 4) is 17.2 Å². The highest BCUT2D eigenvalue weighted by Gasteiger charge is 2.42. The summed E-state index contributed by atoms with van der Waals surface area (Å²) >= 11 is 0. The van der Waals surface area contributed by atoms with Crippen LogP contribution in [0.3, 0.4) is 0 Å². The second kappa shape index (κ2) is 7.71. The van der Waals surface area contributed by atoms with Gasteiger partial charge in [0, 0.05) is 24.3 Å². The lowest BCUT2D eigenvalue weighted by atomic mass is 9.97. The lowest BCUT2D eigenvalue weighted by Gasteiger charge is -2.36. The summed E-state index contributed by atoms with van der Waals surface area (Å²) in [6.45, 7) is -0.315. The molecule has 166 valence electrons. The van der Waals surface area contributed by atoms with E-state index in [1.807, 2.05) is 0 Å². The number of benzene rings is 1. The largest absolute Gasteiger partial charge is 0.571 e. The molecule has 1 aromatic carbocycles. The number of hydrogen-bond acceptors (Lipinski definition) is 10. The van der Waals surface area contributed by atoms with Crippen LogP contribution in [0.4, 0.5) is 0 Å². The van der Waals surface area contributed by atoms with Crippen LogP contribution in [0.25, 0.3) is 5.76 Å². The van der Waals surface area contributed by atoms with Crippen LogP contribution in [0.2, 0.25) is 0 Å². The number of aliphatic hydroxyl groups excluding tert-OH is 5. The van der Waals surface area contributed by atoms with E-state index in [1.165, 1.54) is 12.2 Å². The van der Waals surface area contributed by atoms with Crippen LogP contribution in [0.15, 0.2) is 53.2 Å². The summed E-state index contributed by atoms with van der Waals surface area (Å²) in [5.41, 5.74) is 0.348. The Morgan fingerprint density at radius 1 is 0.935 bits per heavy atom. The molecule has 0 amide bonds. The van der Waals surface area contributed by atoms with Gasteiger partial charge in [0.2, 0.25) is 18.2 Å². The van der Waals surface area contributed by atoms with E-state index in [4.69, 9.17) is 9.47 Å². The molecule has 11 heteroatoms. The zero-order valence-corrected chi connectivity index (χ0v) is 15.8. The molecule has 1 saturated heterocycles. The maximum atomic E-state index is 10.2. The monoisotopic (exact) mass is 437 g/mol. The molecule has 0 saturated carbocycles. The number of phenolic OH excluding ortho intramolecular Hbond substituents is 3. The Morgan fingerprint density at radius 2 is 1.61 bits per heavy atom. The summed E-state index contributed by atoms with van der Waals surface area (Å²) < 4.78 is 15.3. The molecule has 0 bridgehead atoms. The van der Waals surface area contributed by atoms with Crippen LogP contribution < -0.4 is 0 Å². The van der Waals surface area contributed by atoms with Gasteiger partial charge in [-0.1, -0.05) is 0 Å². The molecule has 4 rings (SSSR count). The Labute approximate surface area is 174 Å². The maximum absolute atomic E-state index is 10.2. The van der Waals surface area contributed by atoms with E-state index in [-0.39, 0.29) is 40.8 Å². The van der Waals surface area contributed by atoms with Crippen molar-refractivity contribution in [1.82, 2.24) is 0 Å². The maximum Gasteiger partial charge on any atom is 0.305 e. The van der Waals surface area contributed by atoms with Gasteiger partial charge in [0.25, 0.3) is 0 Å². The van der Waals surface area contributed by atoms with Crippen LogP contribution >= 0.6 is 0 Å². The molecule has 11 nitrogen and oxygen atoms in total. The molecule has 0 radical (unpaired) electrons. The van der Waals surface area contributed by atoms with Crippen molar-refractivity contribution < 1.29 is 55.1 Å². The van der Waals surface area contributed by atoms with Gasteiger partial charge in [-0.25, -0.2) is 0 Å². The predicted molar refractivity (Wildman–Crippen MR) is 103 cm³/mol. The number of allylic oxidation sites excluding steroid dienone is 2. The highest BCUT2D eigenvalue weighted by Crippen LogP contribution is 2.41. The Hall–Kier alpha value is -3.38. The van der Waals surface area contributed by atoms with Crippen LogP contribution in [0, 0.1) is 0 Å². The van der Waals surface area contributed by atoms with Crippen molar-refractivity contribution in [2.75, 3.05) is 6.61 Å². The number of ether oxygens (including phenoxy) is 3. The van der Waals surface area contributed by atoms with Crippen LogP contribution in [0.1, 0.15) is 5.56 Å². The van der Waals surface area contributed by atoms with Gasteiger partial charge in [-0.05, 0) is 0 Å². The van der Waals surface area contributed by atoms with Gasteiger partial charge in [-0.15, -0.1) is 0 Å². The predicted octanol–water partition coefficient (Wildman–Crippen LogP) is -0.338. The molecule has 0 spiro atoms. The first-order valence-corrected chi connectivity index (χ1v) is 9.22. The SMILES string of the molecule is OC1=CC2[OH+]C(c3cc(O)c(O)c(O)c3)=C(O[C@@H]3OC[C@H](O)[C@H](O)[C@H]3O)C=C2C(O)=C1. The molecule has 2 aliphatic heterocycles. The van der Waals surface area contributed by atoms with Gasteiger partial charge in [-0.2, -0.15) is 0 Å².